The zero-order valence-corrected chi connectivity index (χ0v) is 14.9. The first-order valence-electron chi connectivity index (χ1n) is 9.56. The maximum absolute atomic E-state index is 12.3. The number of amides is 1. The van der Waals surface area contributed by atoms with Gasteiger partial charge in [0.15, 0.2) is 0 Å². The van der Waals surface area contributed by atoms with E-state index in [0.29, 0.717) is 18.4 Å². The molecule has 3 aliphatic rings. The third-order valence-electron chi connectivity index (χ3n) is 5.79. The van der Waals surface area contributed by atoms with Gasteiger partial charge in [-0.15, -0.1) is 0 Å². The number of hydrogen-bond donors (Lipinski definition) is 3. The minimum atomic E-state index is -0.793. The molecule has 1 saturated heterocycles. The van der Waals surface area contributed by atoms with Crippen molar-refractivity contribution in [2.24, 2.45) is 17.8 Å². The van der Waals surface area contributed by atoms with E-state index in [1.165, 1.54) is 5.56 Å². The number of carbonyl (C=O) groups excluding carboxylic acids is 1. The van der Waals surface area contributed by atoms with Crippen molar-refractivity contribution in [1.82, 2.24) is 15.2 Å². The number of rotatable bonds is 7. The molecule has 1 saturated carbocycles. The van der Waals surface area contributed by atoms with Gasteiger partial charge in [-0.25, -0.2) is 4.98 Å². The average molecular weight is 358 g/mol. The van der Waals surface area contributed by atoms with Gasteiger partial charge >= 0.3 is 5.97 Å². The Bertz CT molecular complexity index is 696. The third kappa shape index (κ3) is 3.67. The number of piperidine rings is 1. The molecular weight excluding hydrogens is 332 g/mol. The number of pyridine rings is 1. The first kappa shape index (κ1) is 17.3. The van der Waals surface area contributed by atoms with Crippen LogP contribution in [0.15, 0.2) is 12.1 Å². The van der Waals surface area contributed by atoms with E-state index in [2.05, 4.69) is 27.8 Å². The molecule has 3 atom stereocenters. The normalized spacial score (nSPS) is 26.5. The molecule has 0 radical (unpaired) electrons. The Morgan fingerprint density at radius 1 is 1.31 bits per heavy atom. The monoisotopic (exact) mass is 358 g/mol. The lowest BCUT2D eigenvalue weighted by molar-refractivity contribution is -0.138. The molecule has 0 spiro atoms. The van der Waals surface area contributed by atoms with E-state index in [0.717, 1.165) is 56.8 Å². The molecule has 1 aliphatic carbocycles. The molecule has 1 aromatic heterocycles. The van der Waals surface area contributed by atoms with Crippen molar-refractivity contribution in [3.63, 3.8) is 0 Å². The molecule has 1 amide bonds. The number of likely N-dealkylation sites (tertiary alicyclic amines) is 1. The van der Waals surface area contributed by atoms with Crippen LogP contribution in [0.5, 0.6) is 0 Å². The Labute approximate surface area is 153 Å². The number of carboxylic acids is 1. The molecule has 7 nitrogen and oxygen atoms in total. The van der Waals surface area contributed by atoms with E-state index < -0.39 is 5.97 Å². The predicted octanol–water partition coefficient (Wildman–Crippen LogP) is 0.751. The van der Waals surface area contributed by atoms with Crippen LogP contribution in [0, 0.1) is 17.8 Å². The van der Waals surface area contributed by atoms with E-state index in [1.807, 2.05) is 4.90 Å². The van der Waals surface area contributed by atoms with Gasteiger partial charge in [0.05, 0.1) is 6.54 Å². The zero-order chi connectivity index (χ0) is 18.1. The highest BCUT2D eigenvalue weighted by atomic mass is 16.4. The summed E-state index contributed by atoms with van der Waals surface area (Å²) in [5, 5.41) is 15.2. The number of aromatic nitrogens is 1. The molecule has 2 fully saturated rings. The molecule has 4 rings (SSSR count). The second-order valence-electron chi connectivity index (χ2n) is 7.68. The van der Waals surface area contributed by atoms with Crippen molar-refractivity contribution in [2.75, 3.05) is 38.0 Å². The highest BCUT2D eigenvalue weighted by Crippen LogP contribution is 2.51. The van der Waals surface area contributed by atoms with Gasteiger partial charge in [0.25, 0.3) is 0 Å². The number of anilines is 1. The Hall–Kier alpha value is -2.15. The van der Waals surface area contributed by atoms with Crippen LogP contribution in [0.25, 0.3) is 0 Å². The third-order valence-corrected chi connectivity index (χ3v) is 5.79. The Balaban J connectivity index is 1.16. The minimum Gasteiger partial charge on any atom is -0.480 e. The van der Waals surface area contributed by atoms with E-state index in [9.17, 15) is 9.59 Å². The highest BCUT2D eigenvalue weighted by Gasteiger charge is 2.59. The predicted molar refractivity (Wildman–Crippen MR) is 96.9 cm³/mol. The van der Waals surface area contributed by atoms with E-state index >= 15 is 0 Å². The van der Waals surface area contributed by atoms with Gasteiger partial charge in [0.1, 0.15) is 5.82 Å². The van der Waals surface area contributed by atoms with Crippen molar-refractivity contribution in [1.29, 1.82) is 0 Å². The van der Waals surface area contributed by atoms with Crippen LogP contribution < -0.4 is 10.6 Å². The van der Waals surface area contributed by atoms with Gasteiger partial charge in [0, 0.05) is 37.8 Å². The summed E-state index contributed by atoms with van der Waals surface area (Å²) >= 11 is 0. The van der Waals surface area contributed by atoms with E-state index in [4.69, 9.17) is 5.11 Å². The molecule has 0 unspecified atom stereocenters. The number of aryl methyl sites for hydroxylation is 2. The Morgan fingerprint density at radius 2 is 2.12 bits per heavy atom. The summed E-state index contributed by atoms with van der Waals surface area (Å²) in [7, 11) is 0. The fourth-order valence-electron chi connectivity index (χ4n) is 4.43. The number of aliphatic carboxylic acids is 1. The summed E-state index contributed by atoms with van der Waals surface area (Å²) < 4.78 is 0. The molecule has 0 bridgehead atoms. The van der Waals surface area contributed by atoms with Crippen molar-refractivity contribution in [3.8, 4) is 0 Å². The van der Waals surface area contributed by atoms with Gasteiger partial charge in [-0.3, -0.25) is 14.5 Å². The number of nitrogens with zero attached hydrogens (tertiary/aromatic N) is 2. The average Bonchev–Trinajstić information content (AvgIpc) is 3.14. The molecular formula is C19H26N4O3. The summed E-state index contributed by atoms with van der Waals surface area (Å²) in [4.78, 5) is 29.6. The second-order valence-corrected chi connectivity index (χ2v) is 7.68. The van der Waals surface area contributed by atoms with Gasteiger partial charge < -0.3 is 15.7 Å². The lowest BCUT2D eigenvalue weighted by Crippen LogP contribution is -2.34. The molecule has 3 N–H and O–H groups in total. The molecule has 1 aromatic rings. The van der Waals surface area contributed by atoms with Crippen LogP contribution >= 0.6 is 0 Å². The molecule has 2 aliphatic heterocycles. The summed E-state index contributed by atoms with van der Waals surface area (Å²) in [6.45, 7) is 3.22. The maximum atomic E-state index is 12.3. The molecule has 3 heterocycles. The number of fused-ring (bicyclic) bond motifs is 2. The van der Waals surface area contributed by atoms with Crippen molar-refractivity contribution >= 4 is 17.7 Å². The maximum Gasteiger partial charge on any atom is 0.317 e. The summed E-state index contributed by atoms with van der Waals surface area (Å²) in [6, 6.07) is 4.26. The van der Waals surface area contributed by atoms with Crippen LogP contribution in [0.3, 0.4) is 0 Å². The van der Waals surface area contributed by atoms with Gasteiger partial charge in [-0.2, -0.15) is 0 Å². The number of nitrogens with one attached hydrogen (secondary N) is 2. The van der Waals surface area contributed by atoms with Crippen molar-refractivity contribution in [3.05, 3.63) is 23.4 Å². The van der Waals surface area contributed by atoms with Crippen LogP contribution in [0.1, 0.15) is 24.1 Å². The number of carbonyl (C=O) groups is 2. The number of hydrogen-bond acceptors (Lipinski definition) is 5. The lowest BCUT2D eigenvalue weighted by Gasteiger charge is -2.17. The summed E-state index contributed by atoms with van der Waals surface area (Å²) in [5.41, 5.74) is 2.37. The quantitative estimate of drug-likeness (QED) is 0.623. The minimum absolute atomic E-state index is 0.0873. The van der Waals surface area contributed by atoms with Crippen LogP contribution in [-0.2, 0) is 22.4 Å². The van der Waals surface area contributed by atoms with E-state index in [-0.39, 0.29) is 18.4 Å². The SMILES string of the molecule is O=C(O)CN1C[C@@H]2[C@H](C1)[C@H]2C(=O)NCCCc1ccc2c(n1)NCCC2. The largest absolute Gasteiger partial charge is 0.480 e. The molecule has 0 aromatic carbocycles. The van der Waals surface area contributed by atoms with Crippen LogP contribution in [0.4, 0.5) is 5.82 Å². The fourth-order valence-corrected chi connectivity index (χ4v) is 4.43. The fraction of sp³-hybridized carbons (Fsp3) is 0.632. The first-order chi connectivity index (χ1) is 12.6. The smallest absolute Gasteiger partial charge is 0.317 e. The Kier molecular flexibility index (Phi) is 4.80. The van der Waals surface area contributed by atoms with Gasteiger partial charge in [-0.05, 0) is 49.1 Å². The van der Waals surface area contributed by atoms with Gasteiger partial charge in [0.2, 0.25) is 5.91 Å². The standard InChI is InChI=1S/C19H26N4O3/c24-16(25)11-23-9-14-15(10-23)17(14)19(26)21-8-2-4-13-6-5-12-3-1-7-20-18(12)22-13/h5-6,14-15,17H,1-4,7-11H2,(H,20,22)(H,21,26)(H,24,25)/t14-,15+,17+. The van der Waals surface area contributed by atoms with Crippen LogP contribution in [0.2, 0.25) is 0 Å². The van der Waals surface area contributed by atoms with Crippen molar-refractivity contribution < 1.29 is 14.7 Å². The highest BCUT2D eigenvalue weighted by molar-refractivity contribution is 5.82. The zero-order valence-electron chi connectivity index (χ0n) is 14.9. The summed E-state index contributed by atoms with van der Waals surface area (Å²) in [6.07, 6.45) is 4.00. The van der Waals surface area contributed by atoms with Crippen LogP contribution in [-0.4, -0.2) is 59.6 Å². The molecule has 26 heavy (non-hydrogen) atoms. The van der Waals surface area contributed by atoms with Crippen molar-refractivity contribution in [2.45, 2.75) is 25.7 Å². The van der Waals surface area contributed by atoms with Gasteiger partial charge in [-0.1, -0.05) is 6.07 Å². The molecule has 140 valence electrons. The van der Waals surface area contributed by atoms with E-state index in [1.54, 1.807) is 0 Å². The first-order valence-corrected chi connectivity index (χ1v) is 9.56. The summed E-state index contributed by atoms with van der Waals surface area (Å²) in [5.74, 6) is 1.15. The lowest BCUT2D eigenvalue weighted by atomic mass is 10.1. The molecule has 7 heteroatoms. The number of carboxylic acid groups (broad SMARTS) is 1. The Morgan fingerprint density at radius 3 is 2.88 bits per heavy atom. The topological polar surface area (TPSA) is 94.6 Å². The second kappa shape index (κ2) is 7.23.